The summed E-state index contributed by atoms with van der Waals surface area (Å²) in [6.45, 7) is 9.48. The highest BCUT2D eigenvalue weighted by Crippen LogP contribution is 2.29. The largest absolute Gasteiger partial charge is 0.496 e. The van der Waals surface area contributed by atoms with Gasteiger partial charge in [0.05, 0.1) is 12.8 Å². The molecule has 2 unspecified atom stereocenters. The van der Waals surface area contributed by atoms with Crippen LogP contribution in [-0.4, -0.2) is 48.2 Å². The van der Waals surface area contributed by atoms with Crippen LogP contribution in [0.25, 0.3) is 0 Å². The van der Waals surface area contributed by atoms with Crippen molar-refractivity contribution in [2.75, 3.05) is 26.5 Å². The van der Waals surface area contributed by atoms with Gasteiger partial charge in [-0.3, -0.25) is 9.67 Å². The Morgan fingerprint density at radius 3 is 2.57 bits per heavy atom. The normalized spacial score (nSPS) is 13.4. The molecule has 0 aliphatic heterocycles. The second-order valence-corrected chi connectivity index (χ2v) is 8.60. The van der Waals surface area contributed by atoms with Gasteiger partial charge in [0, 0.05) is 43.0 Å². The molecule has 0 aliphatic rings. The quantitative estimate of drug-likeness (QED) is 0.214. The Labute approximate surface area is 202 Å². The fraction of sp³-hybridized carbons (Fsp3) is 0.545. The zero-order valence-electron chi connectivity index (χ0n) is 19.2. The number of ether oxygens (including phenoxy) is 1. The van der Waals surface area contributed by atoms with Gasteiger partial charge in [0.1, 0.15) is 5.75 Å². The van der Waals surface area contributed by atoms with Crippen LogP contribution in [0.3, 0.4) is 0 Å². The molecule has 2 atom stereocenters. The van der Waals surface area contributed by atoms with Crippen molar-refractivity contribution in [2.24, 2.45) is 18.0 Å². The van der Waals surface area contributed by atoms with E-state index in [0.29, 0.717) is 5.92 Å². The van der Waals surface area contributed by atoms with Gasteiger partial charge in [0.2, 0.25) is 0 Å². The van der Waals surface area contributed by atoms with Gasteiger partial charge in [0.15, 0.2) is 5.96 Å². The minimum atomic E-state index is 0. The SMILES string of the molecule is CN=C(NCC(C)CSc1ccccc1OC)NC(C)Cc1c(C)nn(C)c1C.I. The number of hydrogen-bond donors (Lipinski definition) is 2. The highest BCUT2D eigenvalue weighted by molar-refractivity contribution is 14.0. The number of guanidine groups is 1. The van der Waals surface area contributed by atoms with E-state index in [2.05, 4.69) is 54.5 Å². The Morgan fingerprint density at radius 2 is 1.97 bits per heavy atom. The first-order valence-electron chi connectivity index (χ1n) is 10.1. The Bertz CT molecular complexity index is 824. The highest BCUT2D eigenvalue weighted by Gasteiger charge is 2.14. The number of aryl methyl sites for hydroxylation is 2. The zero-order valence-corrected chi connectivity index (χ0v) is 22.3. The lowest BCUT2D eigenvalue weighted by Gasteiger charge is -2.20. The monoisotopic (exact) mass is 545 g/mol. The fourth-order valence-electron chi connectivity index (χ4n) is 3.20. The molecule has 0 saturated carbocycles. The van der Waals surface area contributed by atoms with Crippen LogP contribution in [0.1, 0.15) is 30.8 Å². The third-order valence-electron chi connectivity index (χ3n) is 4.99. The Hall–Kier alpha value is -1.42. The lowest BCUT2D eigenvalue weighted by molar-refractivity contribution is 0.405. The summed E-state index contributed by atoms with van der Waals surface area (Å²) < 4.78 is 7.38. The molecule has 6 nitrogen and oxygen atoms in total. The number of benzene rings is 1. The molecule has 168 valence electrons. The van der Waals surface area contributed by atoms with Crippen molar-refractivity contribution in [1.82, 2.24) is 20.4 Å². The number of hydrogen-bond acceptors (Lipinski definition) is 4. The molecule has 2 N–H and O–H groups in total. The predicted octanol–water partition coefficient (Wildman–Crippen LogP) is 4.19. The highest BCUT2D eigenvalue weighted by atomic mass is 127. The minimum Gasteiger partial charge on any atom is -0.496 e. The van der Waals surface area contributed by atoms with Crippen LogP contribution in [0.5, 0.6) is 5.75 Å². The number of thioether (sulfide) groups is 1. The molecule has 30 heavy (non-hydrogen) atoms. The van der Waals surface area contributed by atoms with E-state index < -0.39 is 0 Å². The van der Waals surface area contributed by atoms with E-state index in [1.54, 1.807) is 7.11 Å². The van der Waals surface area contributed by atoms with E-state index >= 15 is 0 Å². The third-order valence-corrected chi connectivity index (χ3v) is 6.37. The Kier molecular flexibility index (Phi) is 11.6. The standard InChI is InChI=1S/C22H35N5OS.HI/c1-15(14-29-21-11-9-8-10-20(21)28-7)13-24-22(23-5)25-16(2)12-19-17(3)26-27(6)18(19)4;/h8-11,15-16H,12-14H2,1-7H3,(H2,23,24,25);1H. The van der Waals surface area contributed by atoms with Crippen molar-refractivity contribution in [1.29, 1.82) is 0 Å². The van der Waals surface area contributed by atoms with Crippen molar-refractivity contribution in [3.05, 3.63) is 41.2 Å². The smallest absolute Gasteiger partial charge is 0.191 e. The minimum absolute atomic E-state index is 0. The summed E-state index contributed by atoms with van der Waals surface area (Å²) >= 11 is 1.83. The van der Waals surface area contributed by atoms with Crippen LogP contribution in [0, 0.1) is 19.8 Å². The number of halogens is 1. The summed E-state index contributed by atoms with van der Waals surface area (Å²) in [7, 11) is 5.53. The lowest BCUT2D eigenvalue weighted by atomic mass is 10.1. The van der Waals surface area contributed by atoms with Gasteiger partial charge in [-0.15, -0.1) is 35.7 Å². The molecule has 2 rings (SSSR count). The Morgan fingerprint density at radius 1 is 1.27 bits per heavy atom. The van der Waals surface area contributed by atoms with Crippen molar-refractivity contribution < 1.29 is 4.74 Å². The molecule has 2 aromatic rings. The topological polar surface area (TPSA) is 63.5 Å². The molecule has 8 heteroatoms. The van der Waals surface area contributed by atoms with Gasteiger partial charge in [-0.2, -0.15) is 5.10 Å². The van der Waals surface area contributed by atoms with Gasteiger partial charge in [-0.1, -0.05) is 19.1 Å². The number of rotatable bonds is 9. The maximum atomic E-state index is 5.43. The van der Waals surface area contributed by atoms with Crippen molar-refractivity contribution in [3.8, 4) is 5.75 Å². The number of aromatic nitrogens is 2. The molecule has 1 heterocycles. The summed E-state index contributed by atoms with van der Waals surface area (Å²) in [5, 5.41) is 11.5. The predicted molar refractivity (Wildman–Crippen MR) is 139 cm³/mol. The van der Waals surface area contributed by atoms with Crippen molar-refractivity contribution in [2.45, 2.75) is 45.1 Å². The molecular weight excluding hydrogens is 509 g/mol. The summed E-state index contributed by atoms with van der Waals surface area (Å²) in [5.41, 5.74) is 3.63. The number of para-hydroxylation sites is 1. The molecule has 0 radical (unpaired) electrons. The van der Waals surface area contributed by atoms with Gasteiger partial charge in [0.25, 0.3) is 0 Å². The van der Waals surface area contributed by atoms with Gasteiger partial charge in [-0.25, -0.2) is 0 Å². The second-order valence-electron chi connectivity index (χ2n) is 7.54. The summed E-state index contributed by atoms with van der Waals surface area (Å²) in [6.07, 6.45) is 0.922. The average Bonchev–Trinajstić information content (AvgIpc) is 2.95. The van der Waals surface area contributed by atoms with Crippen LogP contribution in [0.15, 0.2) is 34.2 Å². The molecule has 0 aliphatic carbocycles. The maximum Gasteiger partial charge on any atom is 0.191 e. The Balaban J connectivity index is 0.00000450. The van der Waals surface area contributed by atoms with E-state index in [1.807, 2.05) is 48.7 Å². The molecule has 0 spiro atoms. The molecule has 0 fully saturated rings. The molecule has 0 amide bonds. The number of aliphatic imine (C=N–C) groups is 1. The first kappa shape index (κ1) is 26.6. The van der Waals surface area contributed by atoms with E-state index in [1.165, 1.54) is 16.2 Å². The van der Waals surface area contributed by atoms with Gasteiger partial charge >= 0.3 is 0 Å². The number of nitrogens with zero attached hydrogens (tertiary/aromatic N) is 3. The summed E-state index contributed by atoms with van der Waals surface area (Å²) in [5.74, 6) is 3.27. The second kappa shape index (κ2) is 13.1. The van der Waals surface area contributed by atoms with Crippen LogP contribution in [0.4, 0.5) is 0 Å². The lowest BCUT2D eigenvalue weighted by Crippen LogP contribution is -2.44. The molecule has 1 aromatic heterocycles. The third kappa shape index (κ3) is 7.68. The fourth-order valence-corrected chi connectivity index (χ4v) is 4.25. The number of nitrogens with one attached hydrogen (secondary N) is 2. The summed E-state index contributed by atoms with van der Waals surface area (Å²) in [6, 6.07) is 8.42. The maximum absolute atomic E-state index is 5.43. The van der Waals surface area contributed by atoms with Crippen LogP contribution in [-0.2, 0) is 13.5 Å². The van der Waals surface area contributed by atoms with E-state index in [0.717, 1.165) is 36.1 Å². The average molecular weight is 546 g/mol. The van der Waals surface area contributed by atoms with Gasteiger partial charge in [-0.05, 0) is 50.8 Å². The summed E-state index contributed by atoms with van der Waals surface area (Å²) in [4.78, 5) is 5.56. The molecular formula is C22H36IN5OS. The first-order valence-corrected chi connectivity index (χ1v) is 11.1. The van der Waals surface area contributed by atoms with E-state index in [4.69, 9.17) is 4.74 Å². The number of methoxy groups -OCH3 is 1. The van der Waals surface area contributed by atoms with E-state index in [-0.39, 0.29) is 30.0 Å². The zero-order chi connectivity index (χ0) is 21.4. The van der Waals surface area contributed by atoms with Crippen LogP contribution in [0.2, 0.25) is 0 Å². The van der Waals surface area contributed by atoms with Crippen LogP contribution < -0.4 is 15.4 Å². The van der Waals surface area contributed by atoms with Crippen LogP contribution >= 0.6 is 35.7 Å². The van der Waals surface area contributed by atoms with Crippen molar-refractivity contribution >= 4 is 41.7 Å². The first-order chi connectivity index (χ1) is 13.8. The van der Waals surface area contributed by atoms with Crippen molar-refractivity contribution in [3.63, 3.8) is 0 Å². The van der Waals surface area contributed by atoms with E-state index in [9.17, 15) is 0 Å². The van der Waals surface area contributed by atoms with Gasteiger partial charge < -0.3 is 15.4 Å². The molecule has 1 aromatic carbocycles. The molecule has 0 saturated heterocycles. The molecule has 0 bridgehead atoms.